The lowest BCUT2D eigenvalue weighted by molar-refractivity contribution is 0.619. The topological polar surface area (TPSA) is 12.0 Å². The summed E-state index contributed by atoms with van der Waals surface area (Å²) in [7, 11) is 0. The van der Waals surface area contributed by atoms with Crippen molar-refractivity contribution >= 4 is 23.2 Å². The fourth-order valence-electron chi connectivity index (χ4n) is 2.02. The van der Waals surface area contributed by atoms with Crippen molar-refractivity contribution in [2.75, 3.05) is 6.54 Å². The average molecular weight is 312 g/mol. The molecule has 0 atom stereocenters. The van der Waals surface area contributed by atoms with Gasteiger partial charge in [-0.05, 0) is 42.8 Å². The molecule has 0 aliphatic heterocycles. The smallest absolute Gasteiger partial charge is 0.127 e. The second kappa shape index (κ2) is 6.57. The first kappa shape index (κ1) is 15.3. The zero-order chi connectivity index (χ0) is 14.7. The fourth-order valence-corrected chi connectivity index (χ4v) is 2.58. The van der Waals surface area contributed by atoms with Crippen LogP contribution >= 0.6 is 23.2 Å². The highest BCUT2D eigenvalue weighted by atomic mass is 35.5. The highest BCUT2D eigenvalue weighted by Crippen LogP contribution is 2.35. The quantitative estimate of drug-likeness (QED) is 0.816. The molecule has 0 saturated heterocycles. The van der Waals surface area contributed by atoms with Crippen molar-refractivity contribution in [1.29, 1.82) is 0 Å². The maximum Gasteiger partial charge on any atom is 0.127 e. The number of hydrogen-bond donors (Lipinski definition) is 1. The van der Waals surface area contributed by atoms with Crippen LogP contribution < -0.4 is 5.32 Å². The van der Waals surface area contributed by atoms with Crippen molar-refractivity contribution in [3.8, 4) is 11.1 Å². The molecule has 4 heteroatoms. The van der Waals surface area contributed by atoms with Gasteiger partial charge in [0, 0.05) is 22.7 Å². The van der Waals surface area contributed by atoms with E-state index in [-0.39, 0.29) is 5.82 Å². The van der Waals surface area contributed by atoms with Crippen LogP contribution in [0.4, 0.5) is 4.39 Å². The van der Waals surface area contributed by atoms with Gasteiger partial charge in [-0.2, -0.15) is 0 Å². The van der Waals surface area contributed by atoms with Crippen LogP contribution in [0.2, 0.25) is 10.0 Å². The summed E-state index contributed by atoms with van der Waals surface area (Å²) < 4.78 is 13.5. The largest absolute Gasteiger partial charge is 0.313 e. The van der Waals surface area contributed by atoms with E-state index < -0.39 is 0 Å². The molecule has 0 aliphatic rings. The van der Waals surface area contributed by atoms with E-state index in [1.807, 2.05) is 18.2 Å². The maximum atomic E-state index is 13.5. The first-order chi connectivity index (χ1) is 9.52. The van der Waals surface area contributed by atoms with E-state index in [1.54, 1.807) is 13.0 Å². The molecule has 0 bridgehead atoms. The lowest BCUT2D eigenvalue weighted by Crippen LogP contribution is -2.11. The van der Waals surface area contributed by atoms with Gasteiger partial charge in [0.2, 0.25) is 0 Å². The van der Waals surface area contributed by atoms with Crippen LogP contribution in [0.3, 0.4) is 0 Å². The van der Waals surface area contributed by atoms with Crippen LogP contribution in [0.1, 0.15) is 18.1 Å². The van der Waals surface area contributed by atoms with Gasteiger partial charge in [-0.1, -0.05) is 42.3 Å². The first-order valence-corrected chi connectivity index (χ1v) is 7.23. The van der Waals surface area contributed by atoms with Gasteiger partial charge in [-0.15, -0.1) is 0 Å². The average Bonchev–Trinajstić information content (AvgIpc) is 2.41. The third kappa shape index (κ3) is 3.32. The molecule has 0 fully saturated rings. The van der Waals surface area contributed by atoms with Crippen LogP contribution in [0.25, 0.3) is 11.1 Å². The Morgan fingerprint density at radius 2 is 1.75 bits per heavy atom. The summed E-state index contributed by atoms with van der Waals surface area (Å²) in [6, 6.07) is 8.89. The Morgan fingerprint density at radius 3 is 2.40 bits per heavy atom. The van der Waals surface area contributed by atoms with Crippen molar-refractivity contribution in [1.82, 2.24) is 5.32 Å². The van der Waals surface area contributed by atoms with Gasteiger partial charge in [-0.3, -0.25) is 0 Å². The molecule has 0 saturated carbocycles. The maximum absolute atomic E-state index is 13.5. The Kier molecular flexibility index (Phi) is 5.03. The van der Waals surface area contributed by atoms with Crippen LogP contribution in [0.15, 0.2) is 30.3 Å². The summed E-state index contributed by atoms with van der Waals surface area (Å²) in [6.07, 6.45) is 0. The van der Waals surface area contributed by atoms with E-state index in [1.165, 1.54) is 6.07 Å². The molecule has 2 aromatic rings. The highest BCUT2D eigenvalue weighted by molar-refractivity contribution is 6.36. The molecule has 0 aliphatic carbocycles. The van der Waals surface area contributed by atoms with Crippen molar-refractivity contribution in [3.63, 3.8) is 0 Å². The molecule has 20 heavy (non-hydrogen) atoms. The first-order valence-electron chi connectivity index (χ1n) is 6.48. The van der Waals surface area contributed by atoms with E-state index >= 15 is 0 Å². The summed E-state index contributed by atoms with van der Waals surface area (Å²) in [4.78, 5) is 0. The van der Waals surface area contributed by atoms with Crippen molar-refractivity contribution in [2.45, 2.75) is 20.4 Å². The summed E-state index contributed by atoms with van der Waals surface area (Å²) >= 11 is 12.4. The Balaban J connectivity index is 2.41. The second-order valence-corrected chi connectivity index (χ2v) is 5.49. The fraction of sp³-hybridized carbons (Fsp3) is 0.250. The van der Waals surface area contributed by atoms with Crippen LogP contribution in [0, 0.1) is 12.7 Å². The molecule has 1 nitrogen and oxygen atoms in total. The number of nitrogens with one attached hydrogen (secondary N) is 1. The van der Waals surface area contributed by atoms with Gasteiger partial charge in [0.25, 0.3) is 0 Å². The summed E-state index contributed by atoms with van der Waals surface area (Å²) in [5, 5.41) is 4.23. The molecule has 1 N–H and O–H groups in total. The van der Waals surface area contributed by atoms with Crippen molar-refractivity contribution in [3.05, 3.63) is 57.3 Å². The number of hydrogen-bond acceptors (Lipinski definition) is 1. The normalized spacial score (nSPS) is 10.8. The molecule has 2 aromatic carbocycles. The van der Waals surface area contributed by atoms with Crippen LogP contribution in [-0.2, 0) is 6.54 Å². The summed E-state index contributed by atoms with van der Waals surface area (Å²) in [6.45, 7) is 5.44. The minimum Gasteiger partial charge on any atom is -0.313 e. The van der Waals surface area contributed by atoms with Gasteiger partial charge in [0.05, 0.1) is 5.02 Å². The monoisotopic (exact) mass is 311 g/mol. The Labute approximate surface area is 128 Å². The highest BCUT2D eigenvalue weighted by Gasteiger charge is 2.11. The number of rotatable bonds is 4. The minimum atomic E-state index is -0.307. The van der Waals surface area contributed by atoms with Crippen LogP contribution in [-0.4, -0.2) is 6.54 Å². The zero-order valence-corrected chi connectivity index (χ0v) is 12.9. The SMILES string of the molecule is CCNCc1ccc(-c2cc(C)c(F)cc2Cl)c(Cl)c1. The van der Waals surface area contributed by atoms with Gasteiger partial charge in [-0.25, -0.2) is 4.39 Å². The van der Waals surface area contributed by atoms with E-state index in [9.17, 15) is 4.39 Å². The van der Waals surface area contributed by atoms with Crippen LogP contribution in [0.5, 0.6) is 0 Å². The van der Waals surface area contributed by atoms with Gasteiger partial charge < -0.3 is 5.32 Å². The molecule has 0 unspecified atom stereocenters. The lowest BCUT2D eigenvalue weighted by atomic mass is 10.0. The molecule has 0 radical (unpaired) electrons. The van der Waals surface area contributed by atoms with Gasteiger partial charge in [0.1, 0.15) is 5.82 Å². The standard InChI is InChI=1S/C16H16Cl2FN/c1-3-20-9-11-4-5-12(14(17)7-11)13-6-10(2)16(19)8-15(13)18/h4-8,20H,3,9H2,1-2H3. The Morgan fingerprint density at radius 1 is 1.05 bits per heavy atom. The van der Waals surface area contributed by atoms with Crippen molar-refractivity contribution < 1.29 is 4.39 Å². The molecule has 0 amide bonds. The number of aryl methyl sites for hydroxylation is 1. The Hall–Kier alpha value is -1.09. The molecule has 106 valence electrons. The molecular formula is C16H16Cl2FN. The molecule has 2 rings (SSSR count). The lowest BCUT2D eigenvalue weighted by Gasteiger charge is -2.11. The zero-order valence-electron chi connectivity index (χ0n) is 11.4. The summed E-state index contributed by atoms with van der Waals surface area (Å²) in [5.41, 5.74) is 3.23. The second-order valence-electron chi connectivity index (χ2n) is 4.68. The van der Waals surface area contributed by atoms with E-state index in [2.05, 4.69) is 12.2 Å². The summed E-state index contributed by atoms with van der Waals surface area (Å²) in [5.74, 6) is -0.307. The molecule has 0 heterocycles. The number of halogens is 3. The molecular weight excluding hydrogens is 296 g/mol. The van der Waals surface area contributed by atoms with Crippen molar-refractivity contribution in [2.24, 2.45) is 0 Å². The van der Waals surface area contributed by atoms with E-state index in [0.717, 1.165) is 29.8 Å². The third-order valence-electron chi connectivity index (χ3n) is 3.15. The predicted octanol–water partition coefficient (Wildman–Crippen LogP) is 5.22. The third-order valence-corrected chi connectivity index (χ3v) is 3.78. The van der Waals surface area contributed by atoms with Gasteiger partial charge >= 0.3 is 0 Å². The van der Waals surface area contributed by atoms with Gasteiger partial charge in [0.15, 0.2) is 0 Å². The minimum absolute atomic E-state index is 0.307. The number of benzene rings is 2. The van der Waals surface area contributed by atoms with E-state index in [4.69, 9.17) is 23.2 Å². The molecule has 0 spiro atoms. The Bertz CT molecular complexity index is 626. The van der Waals surface area contributed by atoms with E-state index in [0.29, 0.717) is 15.6 Å². The molecule has 0 aromatic heterocycles. The predicted molar refractivity (Wildman–Crippen MR) is 84.0 cm³/mol.